The van der Waals surface area contributed by atoms with Crippen molar-refractivity contribution in [3.05, 3.63) is 0 Å². The molecule has 0 atom stereocenters. The van der Waals surface area contributed by atoms with Gasteiger partial charge in [-0.2, -0.15) is 0 Å². The molecule has 0 unspecified atom stereocenters. The third kappa shape index (κ3) is 8.87. The predicted octanol–water partition coefficient (Wildman–Crippen LogP) is 0.239. The number of hydrazine groups is 2. The third-order valence-electron chi connectivity index (χ3n) is 2.70. The van der Waals surface area contributed by atoms with Gasteiger partial charge in [0.25, 0.3) is 11.8 Å². The lowest BCUT2D eigenvalue weighted by Crippen LogP contribution is -2.41. The van der Waals surface area contributed by atoms with Gasteiger partial charge >= 0.3 is 0 Å². The first-order chi connectivity index (χ1) is 10.6. The van der Waals surface area contributed by atoms with Gasteiger partial charge in [0.2, 0.25) is 0 Å². The number of nitrogens with one attached hydrogen (secondary N) is 2. The summed E-state index contributed by atoms with van der Waals surface area (Å²) in [5.74, 6) is -0.453. The number of amides is 2. The second-order valence-electron chi connectivity index (χ2n) is 4.25. The van der Waals surface area contributed by atoms with Crippen LogP contribution in [0.3, 0.4) is 0 Å². The second kappa shape index (κ2) is 13.4. The van der Waals surface area contributed by atoms with Crippen LogP contribution in [0.4, 0.5) is 0 Å². The van der Waals surface area contributed by atoms with Crippen molar-refractivity contribution < 1.29 is 28.9 Å². The molecule has 0 aliphatic heterocycles. The average molecular weight is 322 g/mol. The molecule has 0 spiro atoms. The fourth-order valence-corrected chi connectivity index (χ4v) is 1.65. The van der Waals surface area contributed by atoms with E-state index in [2.05, 4.69) is 20.9 Å². The molecule has 2 N–H and O–H groups in total. The minimum absolute atomic E-state index is 0.227. The number of unbranched alkanes of at least 4 members (excludes halogenated alkanes) is 3. The number of hydrogen-bond donors (Lipinski definition) is 2. The minimum atomic E-state index is -0.227. The van der Waals surface area contributed by atoms with E-state index in [4.69, 9.17) is 9.68 Å². The van der Waals surface area contributed by atoms with Gasteiger partial charge in [-0.3, -0.25) is 28.9 Å². The second-order valence-corrected chi connectivity index (χ2v) is 4.25. The van der Waals surface area contributed by atoms with Gasteiger partial charge in [-0.05, 0) is 12.8 Å². The molecule has 130 valence electrons. The Hall–Kier alpha value is -1.30. The molecule has 2 amide bonds. The Morgan fingerprint density at radius 1 is 0.727 bits per heavy atom. The number of hydrogen-bond acceptors (Lipinski definition) is 8. The summed E-state index contributed by atoms with van der Waals surface area (Å²) in [6, 6.07) is 0. The molecule has 0 aliphatic carbocycles. The molecule has 10 heteroatoms. The molecule has 22 heavy (non-hydrogen) atoms. The minimum Gasteiger partial charge on any atom is -0.283 e. The van der Waals surface area contributed by atoms with Gasteiger partial charge in [-0.25, -0.2) is 0 Å². The van der Waals surface area contributed by atoms with Crippen LogP contribution in [0.25, 0.3) is 0 Å². The van der Waals surface area contributed by atoms with E-state index in [1.807, 2.05) is 0 Å². The fourth-order valence-electron chi connectivity index (χ4n) is 1.65. The highest BCUT2D eigenvalue weighted by Gasteiger charge is 2.13. The maximum absolute atomic E-state index is 11.7. The van der Waals surface area contributed by atoms with Gasteiger partial charge in [0, 0.05) is 12.8 Å². The molecule has 0 saturated heterocycles. The number of nitrogens with zero attached hydrogens (tertiary/aromatic N) is 2. The first-order valence-corrected chi connectivity index (χ1v) is 6.92. The molecule has 0 fully saturated rings. The van der Waals surface area contributed by atoms with Crippen molar-refractivity contribution in [1.82, 2.24) is 21.5 Å². The highest BCUT2D eigenvalue weighted by molar-refractivity contribution is 5.74. The molecule has 0 aromatic heterocycles. The van der Waals surface area contributed by atoms with Gasteiger partial charge < -0.3 is 0 Å². The van der Waals surface area contributed by atoms with Crippen LogP contribution >= 0.6 is 0 Å². The number of carbonyl (C=O) groups is 2. The zero-order valence-electron chi connectivity index (χ0n) is 13.6. The number of hydroxylamine groups is 2. The van der Waals surface area contributed by atoms with Gasteiger partial charge in [-0.1, -0.05) is 24.0 Å². The molecule has 0 aliphatic rings. The highest BCUT2D eigenvalue weighted by atomic mass is 16.8. The average Bonchev–Trinajstić information content (AvgIpc) is 2.52. The first-order valence-electron chi connectivity index (χ1n) is 6.92. The van der Waals surface area contributed by atoms with Crippen LogP contribution in [-0.2, 0) is 28.9 Å². The number of rotatable bonds is 13. The zero-order valence-corrected chi connectivity index (χ0v) is 13.6. The third-order valence-corrected chi connectivity index (χ3v) is 2.70. The van der Waals surface area contributed by atoms with Crippen LogP contribution in [-0.4, -0.2) is 50.6 Å². The van der Waals surface area contributed by atoms with Crippen molar-refractivity contribution >= 4 is 11.8 Å². The Morgan fingerprint density at radius 3 is 1.36 bits per heavy atom. The summed E-state index contributed by atoms with van der Waals surface area (Å²) < 4.78 is 0. The summed E-state index contributed by atoms with van der Waals surface area (Å²) in [6.07, 6.45) is 3.70. The molecular weight excluding hydrogens is 296 g/mol. The van der Waals surface area contributed by atoms with E-state index >= 15 is 0 Å². The van der Waals surface area contributed by atoms with Crippen LogP contribution in [0.5, 0.6) is 0 Å². The van der Waals surface area contributed by atoms with E-state index < -0.39 is 0 Å². The van der Waals surface area contributed by atoms with Gasteiger partial charge in [-0.15, -0.1) is 10.3 Å². The van der Waals surface area contributed by atoms with E-state index in [1.165, 1.54) is 28.4 Å². The highest BCUT2D eigenvalue weighted by Crippen LogP contribution is 2.08. The van der Waals surface area contributed by atoms with Gasteiger partial charge in [0.1, 0.15) is 0 Å². The lowest BCUT2D eigenvalue weighted by molar-refractivity contribution is -0.242. The molecule has 0 rings (SSSR count). The lowest BCUT2D eigenvalue weighted by Gasteiger charge is -2.18. The van der Waals surface area contributed by atoms with Crippen molar-refractivity contribution in [3.8, 4) is 0 Å². The van der Waals surface area contributed by atoms with Crippen LogP contribution in [0.15, 0.2) is 0 Å². The van der Waals surface area contributed by atoms with Crippen molar-refractivity contribution in [2.75, 3.05) is 28.4 Å². The maximum Gasteiger partial charge on any atom is 0.263 e. The summed E-state index contributed by atoms with van der Waals surface area (Å²) >= 11 is 0. The Bertz CT molecular complexity index is 288. The zero-order chi connectivity index (χ0) is 16.8. The Balaban J connectivity index is 3.72. The van der Waals surface area contributed by atoms with E-state index in [0.29, 0.717) is 25.7 Å². The first kappa shape index (κ1) is 20.7. The monoisotopic (exact) mass is 322 g/mol. The largest absolute Gasteiger partial charge is 0.283 e. The molecule has 0 heterocycles. The molecule has 0 aromatic rings. The molecule has 0 saturated carbocycles. The predicted molar refractivity (Wildman–Crippen MR) is 75.7 cm³/mol. The van der Waals surface area contributed by atoms with Crippen molar-refractivity contribution in [2.45, 2.75) is 38.5 Å². The standard InChI is InChI=1S/C12H26N4O6/c1-19-13-15(21-3)11(17)9-7-5-6-8-10-12(18)16(22-4)14-20-2/h13-14H,5-10H2,1-4H3. The maximum atomic E-state index is 11.7. The molecular formula is C12H26N4O6. The summed E-state index contributed by atoms with van der Waals surface area (Å²) in [4.78, 5) is 42.1. The van der Waals surface area contributed by atoms with Crippen LogP contribution in [0.1, 0.15) is 38.5 Å². The van der Waals surface area contributed by atoms with E-state index in [0.717, 1.165) is 23.2 Å². The van der Waals surface area contributed by atoms with E-state index in [1.54, 1.807) is 0 Å². The Morgan fingerprint density at radius 2 is 1.09 bits per heavy atom. The Labute approximate surface area is 130 Å². The number of carbonyl (C=O) groups excluding carboxylic acids is 2. The summed E-state index contributed by atoms with van der Waals surface area (Å²) in [6.45, 7) is 0. The lowest BCUT2D eigenvalue weighted by atomic mass is 10.1. The van der Waals surface area contributed by atoms with Gasteiger partial charge in [0.05, 0.1) is 28.4 Å². The smallest absolute Gasteiger partial charge is 0.263 e. The molecule has 0 radical (unpaired) electrons. The molecule has 0 bridgehead atoms. The SMILES string of the molecule is CONN(OC)C(=O)CCCCCCC(=O)N(NOC)OC. The van der Waals surface area contributed by atoms with Crippen LogP contribution < -0.4 is 11.2 Å². The van der Waals surface area contributed by atoms with Crippen molar-refractivity contribution in [1.29, 1.82) is 0 Å². The van der Waals surface area contributed by atoms with E-state index in [-0.39, 0.29) is 11.8 Å². The van der Waals surface area contributed by atoms with E-state index in [9.17, 15) is 9.59 Å². The summed E-state index contributed by atoms with van der Waals surface area (Å²) in [5, 5.41) is 1.85. The summed E-state index contributed by atoms with van der Waals surface area (Å²) in [7, 11) is 5.51. The molecule has 0 aromatic carbocycles. The Kier molecular flexibility index (Phi) is 12.6. The summed E-state index contributed by atoms with van der Waals surface area (Å²) in [5.41, 5.74) is 4.62. The van der Waals surface area contributed by atoms with Gasteiger partial charge in [0.15, 0.2) is 0 Å². The van der Waals surface area contributed by atoms with Crippen LogP contribution in [0.2, 0.25) is 0 Å². The topological polar surface area (TPSA) is 102 Å². The fraction of sp³-hybridized carbons (Fsp3) is 0.833. The van der Waals surface area contributed by atoms with Crippen molar-refractivity contribution in [2.24, 2.45) is 0 Å². The quantitative estimate of drug-likeness (QED) is 0.367. The van der Waals surface area contributed by atoms with Crippen LogP contribution in [0, 0.1) is 0 Å². The van der Waals surface area contributed by atoms with Crippen molar-refractivity contribution in [3.63, 3.8) is 0 Å². The molecule has 10 nitrogen and oxygen atoms in total. The normalized spacial score (nSPS) is 10.5.